The van der Waals surface area contributed by atoms with Gasteiger partial charge in [-0.15, -0.1) is 0 Å². The molecule has 0 spiro atoms. The van der Waals surface area contributed by atoms with Crippen molar-refractivity contribution in [2.45, 2.75) is 38.1 Å². The Bertz CT molecular complexity index is 454. The van der Waals surface area contributed by atoms with Crippen molar-refractivity contribution in [3.63, 3.8) is 0 Å². The maximum absolute atomic E-state index is 13.5. The molecule has 0 aromatic heterocycles. The normalized spacial score (nSPS) is 24.1. The Morgan fingerprint density at radius 1 is 1.17 bits per heavy atom. The standard InChI is InChI=1S/C14H16F2N2/c15-11-6-7-12(16)14(8-11)18-13-5-3-1-2-4-10(13)9-17/h6-8,10,13,18H,1-5H2. The zero-order chi connectivity index (χ0) is 13.0. The maximum Gasteiger partial charge on any atom is 0.146 e. The molecule has 0 saturated heterocycles. The van der Waals surface area contributed by atoms with E-state index < -0.39 is 11.6 Å². The van der Waals surface area contributed by atoms with Crippen molar-refractivity contribution in [1.29, 1.82) is 5.26 Å². The molecule has 1 aliphatic rings. The molecule has 1 fully saturated rings. The number of anilines is 1. The number of nitrogens with one attached hydrogen (secondary N) is 1. The van der Waals surface area contributed by atoms with Gasteiger partial charge in [-0.3, -0.25) is 0 Å². The number of rotatable bonds is 2. The predicted octanol–water partition coefficient (Wildman–Crippen LogP) is 3.85. The van der Waals surface area contributed by atoms with Crippen molar-refractivity contribution < 1.29 is 8.78 Å². The van der Waals surface area contributed by atoms with Crippen LogP contribution in [0.25, 0.3) is 0 Å². The molecule has 2 nitrogen and oxygen atoms in total. The van der Waals surface area contributed by atoms with Crippen LogP contribution in [-0.4, -0.2) is 6.04 Å². The lowest BCUT2D eigenvalue weighted by molar-refractivity contribution is 0.509. The summed E-state index contributed by atoms with van der Waals surface area (Å²) >= 11 is 0. The van der Waals surface area contributed by atoms with Gasteiger partial charge in [-0.25, -0.2) is 8.78 Å². The second kappa shape index (κ2) is 5.81. The van der Waals surface area contributed by atoms with Crippen LogP contribution in [0.15, 0.2) is 18.2 Å². The van der Waals surface area contributed by atoms with Gasteiger partial charge in [0.25, 0.3) is 0 Å². The largest absolute Gasteiger partial charge is 0.379 e. The fourth-order valence-electron chi connectivity index (χ4n) is 2.44. The van der Waals surface area contributed by atoms with Crippen LogP contribution in [0.3, 0.4) is 0 Å². The minimum absolute atomic E-state index is 0.0891. The fraction of sp³-hybridized carbons (Fsp3) is 0.500. The lowest BCUT2D eigenvalue weighted by Crippen LogP contribution is -2.27. The summed E-state index contributed by atoms with van der Waals surface area (Å²) in [6.07, 6.45) is 4.80. The number of benzene rings is 1. The van der Waals surface area contributed by atoms with Crippen LogP contribution in [-0.2, 0) is 0 Å². The molecule has 2 unspecified atom stereocenters. The highest BCUT2D eigenvalue weighted by molar-refractivity contribution is 5.46. The Hall–Kier alpha value is -1.63. The maximum atomic E-state index is 13.5. The van der Waals surface area contributed by atoms with Crippen molar-refractivity contribution in [2.24, 2.45) is 5.92 Å². The van der Waals surface area contributed by atoms with Crippen LogP contribution >= 0.6 is 0 Å². The Labute approximate surface area is 106 Å². The Morgan fingerprint density at radius 2 is 1.94 bits per heavy atom. The molecule has 0 heterocycles. The van der Waals surface area contributed by atoms with Crippen molar-refractivity contribution in [1.82, 2.24) is 0 Å². The summed E-state index contributed by atoms with van der Waals surface area (Å²) in [5, 5.41) is 12.1. The second-order valence-electron chi connectivity index (χ2n) is 4.75. The van der Waals surface area contributed by atoms with Gasteiger partial charge in [0.15, 0.2) is 0 Å². The summed E-state index contributed by atoms with van der Waals surface area (Å²) in [5.74, 6) is -1.08. The third-order valence-corrected chi connectivity index (χ3v) is 3.45. The molecule has 0 amide bonds. The van der Waals surface area contributed by atoms with Crippen LogP contribution < -0.4 is 5.32 Å². The molecule has 0 bridgehead atoms. The van der Waals surface area contributed by atoms with E-state index in [-0.39, 0.29) is 17.6 Å². The first kappa shape index (κ1) is 12.8. The van der Waals surface area contributed by atoms with Gasteiger partial charge in [0.05, 0.1) is 17.7 Å². The highest BCUT2D eigenvalue weighted by atomic mass is 19.1. The summed E-state index contributed by atoms with van der Waals surface area (Å²) < 4.78 is 26.6. The lowest BCUT2D eigenvalue weighted by Gasteiger charge is -2.22. The highest BCUT2D eigenvalue weighted by Gasteiger charge is 2.24. The van der Waals surface area contributed by atoms with Crippen LogP contribution in [0, 0.1) is 28.9 Å². The van der Waals surface area contributed by atoms with E-state index in [1.807, 2.05) is 0 Å². The van der Waals surface area contributed by atoms with E-state index in [1.54, 1.807) is 0 Å². The minimum Gasteiger partial charge on any atom is -0.379 e. The van der Waals surface area contributed by atoms with Crippen molar-refractivity contribution in [2.75, 3.05) is 5.32 Å². The van der Waals surface area contributed by atoms with E-state index in [4.69, 9.17) is 5.26 Å². The van der Waals surface area contributed by atoms with Gasteiger partial charge in [0.1, 0.15) is 11.6 Å². The molecule has 1 aliphatic carbocycles. The van der Waals surface area contributed by atoms with E-state index in [2.05, 4.69) is 11.4 Å². The third-order valence-electron chi connectivity index (χ3n) is 3.45. The molecular weight excluding hydrogens is 234 g/mol. The summed E-state index contributed by atoms with van der Waals surface area (Å²) in [4.78, 5) is 0. The highest BCUT2D eigenvalue weighted by Crippen LogP contribution is 2.27. The first-order valence-electron chi connectivity index (χ1n) is 6.32. The van der Waals surface area contributed by atoms with E-state index >= 15 is 0 Å². The zero-order valence-electron chi connectivity index (χ0n) is 10.1. The third kappa shape index (κ3) is 2.98. The van der Waals surface area contributed by atoms with Crippen LogP contribution in [0.1, 0.15) is 32.1 Å². The molecule has 2 atom stereocenters. The average molecular weight is 250 g/mol. The predicted molar refractivity (Wildman–Crippen MR) is 66.0 cm³/mol. The Morgan fingerprint density at radius 3 is 2.72 bits per heavy atom. The van der Waals surface area contributed by atoms with Crippen LogP contribution in [0.2, 0.25) is 0 Å². The average Bonchev–Trinajstić information content (AvgIpc) is 2.59. The van der Waals surface area contributed by atoms with Crippen molar-refractivity contribution in [3.8, 4) is 6.07 Å². The van der Waals surface area contributed by atoms with Gasteiger partial charge in [-0.05, 0) is 31.0 Å². The Balaban J connectivity index is 2.15. The van der Waals surface area contributed by atoms with Crippen LogP contribution in [0.4, 0.5) is 14.5 Å². The molecule has 2 rings (SSSR count). The van der Waals surface area contributed by atoms with E-state index in [0.29, 0.717) is 0 Å². The molecule has 96 valence electrons. The fourth-order valence-corrected chi connectivity index (χ4v) is 2.44. The van der Waals surface area contributed by atoms with Gasteiger partial charge < -0.3 is 5.32 Å². The zero-order valence-corrected chi connectivity index (χ0v) is 10.1. The smallest absolute Gasteiger partial charge is 0.146 e. The molecule has 1 N–H and O–H groups in total. The topological polar surface area (TPSA) is 35.8 Å². The van der Waals surface area contributed by atoms with Gasteiger partial charge in [0.2, 0.25) is 0 Å². The van der Waals surface area contributed by atoms with Crippen molar-refractivity contribution in [3.05, 3.63) is 29.8 Å². The molecule has 0 aliphatic heterocycles. The number of nitriles is 1. The first-order chi connectivity index (χ1) is 8.70. The SMILES string of the molecule is N#CC1CCCCCC1Nc1cc(F)ccc1F. The molecule has 0 radical (unpaired) electrons. The molecule has 18 heavy (non-hydrogen) atoms. The lowest BCUT2D eigenvalue weighted by atomic mass is 9.96. The number of halogens is 2. The number of nitrogens with zero attached hydrogens (tertiary/aromatic N) is 1. The minimum atomic E-state index is -0.475. The number of hydrogen-bond donors (Lipinski definition) is 1. The molecule has 1 aromatic rings. The molecule has 1 saturated carbocycles. The molecule has 1 aromatic carbocycles. The summed E-state index contributed by atoms with van der Waals surface area (Å²) in [7, 11) is 0. The van der Waals surface area contributed by atoms with Gasteiger partial charge >= 0.3 is 0 Å². The Kier molecular flexibility index (Phi) is 4.14. The summed E-state index contributed by atoms with van der Waals surface area (Å²) in [6, 6.07) is 5.53. The molecule has 4 heteroatoms. The van der Waals surface area contributed by atoms with E-state index in [1.165, 1.54) is 0 Å². The van der Waals surface area contributed by atoms with Gasteiger partial charge in [-0.2, -0.15) is 5.26 Å². The monoisotopic (exact) mass is 250 g/mol. The van der Waals surface area contributed by atoms with Gasteiger partial charge in [0, 0.05) is 6.04 Å². The molecular formula is C14H16F2N2. The second-order valence-corrected chi connectivity index (χ2v) is 4.75. The van der Waals surface area contributed by atoms with E-state index in [9.17, 15) is 8.78 Å². The summed E-state index contributed by atoms with van der Waals surface area (Å²) in [6.45, 7) is 0. The first-order valence-corrected chi connectivity index (χ1v) is 6.32. The quantitative estimate of drug-likeness (QED) is 0.809. The van der Waals surface area contributed by atoms with Crippen LogP contribution in [0.5, 0.6) is 0 Å². The van der Waals surface area contributed by atoms with Crippen molar-refractivity contribution >= 4 is 5.69 Å². The number of hydrogen-bond acceptors (Lipinski definition) is 2. The van der Waals surface area contributed by atoms with E-state index in [0.717, 1.165) is 50.3 Å². The summed E-state index contributed by atoms with van der Waals surface area (Å²) in [5.41, 5.74) is 0.155. The van der Waals surface area contributed by atoms with Gasteiger partial charge in [-0.1, -0.05) is 19.3 Å².